The molecule has 3 heteroatoms. The summed E-state index contributed by atoms with van der Waals surface area (Å²) in [5, 5.41) is 0. The first-order chi connectivity index (χ1) is 19.0. The van der Waals surface area contributed by atoms with Gasteiger partial charge < -0.3 is 4.74 Å². The van der Waals surface area contributed by atoms with Crippen molar-refractivity contribution in [3.05, 3.63) is 95.2 Å². The van der Waals surface area contributed by atoms with Gasteiger partial charge in [0, 0.05) is 17.3 Å². The monoisotopic (exact) mass is 556 g/mol. The lowest BCUT2D eigenvalue weighted by molar-refractivity contribution is -0.155. The van der Waals surface area contributed by atoms with Crippen molar-refractivity contribution in [2.45, 2.75) is 104 Å². The van der Waals surface area contributed by atoms with Crippen LogP contribution in [0.3, 0.4) is 0 Å². The Morgan fingerprint density at radius 1 is 0.950 bits per heavy atom. The number of unbranched alkanes of at least 4 members (excludes halogenated alkanes) is 4. The van der Waals surface area contributed by atoms with Crippen LogP contribution in [0.15, 0.2) is 84.1 Å². The van der Waals surface area contributed by atoms with Crippen molar-refractivity contribution in [3.63, 3.8) is 0 Å². The highest BCUT2D eigenvalue weighted by atomic mass is 28.3. The quantitative estimate of drug-likeness (QED) is 0.0854. The van der Waals surface area contributed by atoms with Crippen molar-refractivity contribution >= 4 is 14.0 Å². The Hall–Kier alpha value is -2.39. The molecule has 2 aromatic carbocycles. The first kappa shape index (κ1) is 30.6. The summed E-state index contributed by atoms with van der Waals surface area (Å²) in [7, 11) is -1.64. The van der Waals surface area contributed by atoms with Gasteiger partial charge in [0.15, 0.2) is 0 Å². The van der Waals surface area contributed by atoms with Gasteiger partial charge in [0.2, 0.25) is 0 Å². The Bertz CT molecular complexity index is 1130. The summed E-state index contributed by atoms with van der Waals surface area (Å²) in [6.45, 7) is 16.4. The molecular formula is C37H52O2Si. The minimum absolute atomic E-state index is 0.0616. The van der Waals surface area contributed by atoms with E-state index in [1.54, 1.807) is 0 Å². The molecule has 2 bridgehead atoms. The van der Waals surface area contributed by atoms with Gasteiger partial charge in [-0.05, 0) is 48.1 Å². The fourth-order valence-corrected chi connectivity index (χ4v) is 8.82. The van der Waals surface area contributed by atoms with Crippen molar-refractivity contribution in [2.75, 3.05) is 0 Å². The molecule has 2 aliphatic carbocycles. The van der Waals surface area contributed by atoms with Crippen molar-refractivity contribution in [2.24, 2.45) is 22.7 Å². The van der Waals surface area contributed by atoms with Crippen LogP contribution >= 0.6 is 0 Å². The third kappa shape index (κ3) is 6.40. The Balaban J connectivity index is 1.70. The maximum Gasteiger partial charge on any atom is 0.337 e. The van der Waals surface area contributed by atoms with Gasteiger partial charge in [-0.15, -0.1) is 0 Å². The first-order valence-electron chi connectivity index (χ1n) is 15.7. The van der Waals surface area contributed by atoms with E-state index in [-0.39, 0.29) is 34.7 Å². The summed E-state index contributed by atoms with van der Waals surface area (Å²) >= 11 is 0. The van der Waals surface area contributed by atoms with E-state index in [4.69, 9.17) is 4.74 Å². The molecule has 4 atom stereocenters. The number of fused-ring (bicyclic) bond motifs is 2. The third-order valence-electron chi connectivity index (χ3n) is 10.1. The van der Waals surface area contributed by atoms with Gasteiger partial charge in [0.1, 0.15) is 6.10 Å². The van der Waals surface area contributed by atoms with E-state index < -0.39 is 8.07 Å². The van der Waals surface area contributed by atoms with Gasteiger partial charge in [0.25, 0.3) is 0 Å². The molecule has 4 rings (SSSR count). The maximum atomic E-state index is 14.1. The Kier molecular flexibility index (Phi) is 9.65. The number of ether oxygens (including phenoxy) is 1. The van der Waals surface area contributed by atoms with E-state index in [0.717, 1.165) is 18.4 Å². The molecule has 0 heterocycles. The molecule has 2 saturated carbocycles. The summed E-state index contributed by atoms with van der Waals surface area (Å²) in [4.78, 5) is 14.1. The van der Waals surface area contributed by atoms with E-state index in [2.05, 4.69) is 126 Å². The van der Waals surface area contributed by atoms with Gasteiger partial charge in [-0.2, -0.15) is 0 Å². The zero-order valence-corrected chi connectivity index (χ0v) is 27.1. The molecule has 0 radical (unpaired) electrons. The smallest absolute Gasteiger partial charge is 0.337 e. The van der Waals surface area contributed by atoms with E-state index in [9.17, 15) is 4.79 Å². The molecule has 2 fully saturated rings. The van der Waals surface area contributed by atoms with Crippen LogP contribution < -0.4 is 0 Å². The van der Waals surface area contributed by atoms with Crippen LogP contribution in [0.4, 0.5) is 0 Å². The fraction of sp³-hybridized carbons (Fsp3) is 0.541. The molecule has 2 aliphatic rings. The lowest BCUT2D eigenvalue weighted by atomic mass is 9.68. The normalized spacial score (nSPS) is 26.1. The second-order valence-electron chi connectivity index (χ2n) is 14.2. The second kappa shape index (κ2) is 12.6. The number of rotatable bonds is 12. The average Bonchev–Trinajstić information content (AvgIpc) is 3.24. The number of allylic oxidation sites excluding steroid dienone is 1. The zero-order valence-electron chi connectivity index (χ0n) is 26.1. The number of carbonyl (C=O) groups excluding carboxylic acids is 1. The Morgan fingerprint density at radius 2 is 1.55 bits per heavy atom. The Labute approximate surface area is 245 Å². The molecule has 0 N–H and O–H groups in total. The molecule has 2 aromatic rings. The highest BCUT2D eigenvalue weighted by Crippen LogP contribution is 2.71. The van der Waals surface area contributed by atoms with Crippen LogP contribution in [0.2, 0.25) is 19.6 Å². The van der Waals surface area contributed by atoms with Crippen LogP contribution in [-0.2, 0) is 9.53 Å². The lowest BCUT2D eigenvalue weighted by Crippen LogP contribution is -2.43. The van der Waals surface area contributed by atoms with Crippen molar-refractivity contribution < 1.29 is 9.53 Å². The maximum absolute atomic E-state index is 14.1. The number of carbonyl (C=O) groups is 1. The molecule has 0 spiro atoms. The molecule has 0 unspecified atom stereocenters. The Morgan fingerprint density at radius 3 is 2.10 bits per heavy atom. The van der Waals surface area contributed by atoms with Crippen LogP contribution in [0.1, 0.15) is 89.7 Å². The summed E-state index contributed by atoms with van der Waals surface area (Å²) in [5.74, 6) is 0.768. The van der Waals surface area contributed by atoms with Gasteiger partial charge in [-0.1, -0.05) is 145 Å². The highest BCUT2D eigenvalue weighted by molar-refractivity contribution is 6.81. The first-order valence-corrected chi connectivity index (χ1v) is 19.3. The number of esters is 1. The average molecular weight is 557 g/mol. The molecule has 0 aliphatic heterocycles. The predicted molar refractivity (Wildman–Crippen MR) is 172 cm³/mol. The van der Waals surface area contributed by atoms with Gasteiger partial charge in [0.05, 0.1) is 13.6 Å². The summed E-state index contributed by atoms with van der Waals surface area (Å²) in [5.41, 5.74) is 5.65. The molecule has 0 aromatic heterocycles. The molecule has 2 nitrogen and oxygen atoms in total. The van der Waals surface area contributed by atoms with Crippen LogP contribution in [0, 0.1) is 22.7 Å². The second-order valence-corrected chi connectivity index (χ2v) is 19.2. The summed E-state index contributed by atoms with van der Waals surface area (Å²) in [6.07, 6.45) is 12.4. The molecule has 0 saturated heterocycles. The molecule has 216 valence electrons. The summed E-state index contributed by atoms with van der Waals surface area (Å²) < 4.78 is 6.79. The topological polar surface area (TPSA) is 26.3 Å². The zero-order chi connectivity index (χ0) is 29.0. The lowest BCUT2D eigenvalue weighted by Gasteiger charge is -2.41. The van der Waals surface area contributed by atoms with Crippen LogP contribution in [0.25, 0.3) is 0 Å². The number of hydrogen-bond donors (Lipinski definition) is 0. The van der Waals surface area contributed by atoms with Crippen molar-refractivity contribution in [1.29, 1.82) is 0 Å². The van der Waals surface area contributed by atoms with Gasteiger partial charge >= 0.3 is 5.97 Å². The SMILES string of the molecule is CCCCCC/C=C/C(=C/[Si](C)(C)C)C(=O)O[C@@H]1[C@H](C(c2ccccc2)c2ccccc2)[C@H]2CC[C@]1(C)C2(C)C. The van der Waals surface area contributed by atoms with Crippen LogP contribution in [0.5, 0.6) is 0 Å². The molecule has 40 heavy (non-hydrogen) atoms. The summed E-state index contributed by atoms with van der Waals surface area (Å²) in [6, 6.07) is 21.8. The number of hydrogen-bond acceptors (Lipinski definition) is 2. The minimum atomic E-state index is -1.64. The van der Waals surface area contributed by atoms with Crippen molar-refractivity contribution in [3.8, 4) is 0 Å². The molecule has 0 amide bonds. The van der Waals surface area contributed by atoms with E-state index >= 15 is 0 Å². The van der Waals surface area contributed by atoms with E-state index in [1.165, 1.54) is 43.2 Å². The van der Waals surface area contributed by atoms with Crippen LogP contribution in [-0.4, -0.2) is 20.1 Å². The minimum Gasteiger partial charge on any atom is -0.458 e. The highest BCUT2D eigenvalue weighted by Gasteiger charge is 2.69. The van der Waals surface area contributed by atoms with Gasteiger partial charge in [-0.3, -0.25) is 0 Å². The van der Waals surface area contributed by atoms with E-state index in [0.29, 0.717) is 5.92 Å². The third-order valence-corrected chi connectivity index (χ3v) is 11.3. The van der Waals surface area contributed by atoms with Crippen molar-refractivity contribution in [1.82, 2.24) is 0 Å². The fourth-order valence-electron chi connectivity index (χ4n) is 7.68. The number of benzene rings is 2. The standard InChI is InChI=1S/C37H52O2Si/c1-8-9-10-11-12-15-24-30(27-40(5,6)7)35(38)39-34-33(31-25-26-37(34,4)36(31,2)3)32(28-20-16-13-17-21-28)29-22-18-14-19-23-29/h13-24,27,31-34H,8-12,25-26H2,1-7H3/b24-15+,30-27-/t31-,33+,34-,37+/m1/s1. The molecular weight excluding hydrogens is 504 g/mol. The van der Waals surface area contributed by atoms with E-state index in [1.807, 2.05) is 0 Å². The predicted octanol–water partition coefficient (Wildman–Crippen LogP) is 10.1. The largest absolute Gasteiger partial charge is 0.458 e. The van der Waals surface area contributed by atoms with Gasteiger partial charge in [-0.25, -0.2) is 4.79 Å².